The molecule has 1 atom stereocenters. The van der Waals surface area contributed by atoms with Crippen molar-refractivity contribution in [2.24, 2.45) is 0 Å². The van der Waals surface area contributed by atoms with E-state index < -0.39 is 0 Å². The smallest absolute Gasteiger partial charge is 0.153 e. The van der Waals surface area contributed by atoms with Gasteiger partial charge < -0.3 is 4.42 Å². The molecule has 3 rings (SSSR count). The summed E-state index contributed by atoms with van der Waals surface area (Å²) in [6, 6.07) is 3.97. The predicted molar refractivity (Wildman–Crippen MR) is 76.9 cm³/mol. The van der Waals surface area contributed by atoms with Gasteiger partial charge >= 0.3 is 0 Å². The highest BCUT2D eigenvalue weighted by Crippen LogP contribution is 2.35. The van der Waals surface area contributed by atoms with Crippen molar-refractivity contribution in [1.29, 1.82) is 0 Å². The third-order valence-electron chi connectivity index (χ3n) is 3.83. The van der Waals surface area contributed by atoms with E-state index in [2.05, 4.69) is 16.9 Å². The molecule has 0 spiro atoms. The Morgan fingerprint density at radius 2 is 2.40 bits per heavy atom. The van der Waals surface area contributed by atoms with Crippen LogP contribution in [-0.4, -0.2) is 29.8 Å². The molecule has 1 aliphatic heterocycles. The van der Waals surface area contributed by atoms with Crippen LogP contribution in [-0.2, 0) is 0 Å². The summed E-state index contributed by atoms with van der Waals surface area (Å²) in [6.07, 6.45) is 6.35. The molecule has 0 saturated carbocycles. The molecule has 0 amide bonds. The highest BCUT2D eigenvalue weighted by molar-refractivity contribution is 6.32. The number of carbonyl (C=O) groups excluding carboxylic acids is 1. The second kappa shape index (κ2) is 5.38. The molecule has 20 heavy (non-hydrogen) atoms. The zero-order valence-electron chi connectivity index (χ0n) is 11.2. The van der Waals surface area contributed by atoms with Gasteiger partial charge in [0.25, 0.3) is 0 Å². The van der Waals surface area contributed by atoms with Crippen molar-refractivity contribution in [3.63, 3.8) is 0 Å². The number of hydrogen-bond donors (Lipinski definition) is 0. The fourth-order valence-corrected chi connectivity index (χ4v) is 2.96. The van der Waals surface area contributed by atoms with Gasteiger partial charge in [0.2, 0.25) is 0 Å². The van der Waals surface area contributed by atoms with Crippen molar-refractivity contribution in [2.45, 2.75) is 18.9 Å². The lowest BCUT2D eigenvalue weighted by Crippen LogP contribution is -2.17. The zero-order chi connectivity index (χ0) is 14.1. The molecule has 0 radical (unpaired) electrons. The Morgan fingerprint density at radius 1 is 1.55 bits per heavy atom. The van der Waals surface area contributed by atoms with E-state index in [4.69, 9.17) is 16.0 Å². The van der Waals surface area contributed by atoms with Crippen LogP contribution >= 0.6 is 11.6 Å². The van der Waals surface area contributed by atoms with Crippen molar-refractivity contribution >= 4 is 17.9 Å². The number of aromatic nitrogens is 1. The van der Waals surface area contributed by atoms with Crippen LogP contribution in [0.25, 0.3) is 11.3 Å². The average molecular weight is 291 g/mol. The number of hydrogen-bond acceptors (Lipinski definition) is 4. The molecule has 5 heteroatoms. The molecular weight excluding hydrogens is 276 g/mol. The van der Waals surface area contributed by atoms with Gasteiger partial charge in [-0.05, 0) is 44.1 Å². The molecule has 104 valence electrons. The molecule has 0 N–H and O–H groups in total. The minimum atomic E-state index is 0.354. The highest BCUT2D eigenvalue weighted by atomic mass is 35.5. The minimum absolute atomic E-state index is 0.354. The Morgan fingerprint density at radius 3 is 3.10 bits per heavy atom. The Labute approximate surface area is 122 Å². The quantitative estimate of drug-likeness (QED) is 0.640. The largest absolute Gasteiger partial charge is 0.463 e. The first-order valence-corrected chi connectivity index (χ1v) is 6.97. The van der Waals surface area contributed by atoms with Crippen molar-refractivity contribution < 1.29 is 9.21 Å². The maximum atomic E-state index is 11.0. The second-order valence-corrected chi connectivity index (χ2v) is 5.43. The topological polar surface area (TPSA) is 46.3 Å². The number of carbonyl (C=O) groups is 1. The van der Waals surface area contributed by atoms with Gasteiger partial charge in [0.1, 0.15) is 10.9 Å². The number of pyridine rings is 1. The van der Waals surface area contributed by atoms with Crippen LogP contribution in [0.3, 0.4) is 0 Å². The molecule has 2 aromatic heterocycles. The Hall–Kier alpha value is -1.65. The first kappa shape index (κ1) is 13.3. The average Bonchev–Trinajstić information content (AvgIpc) is 3.08. The van der Waals surface area contributed by atoms with Gasteiger partial charge in [-0.3, -0.25) is 9.69 Å². The number of halogens is 1. The minimum Gasteiger partial charge on any atom is -0.463 e. The van der Waals surface area contributed by atoms with Crippen LogP contribution < -0.4 is 0 Å². The number of aldehydes is 1. The summed E-state index contributed by atoms with van der Waals surface area (Å²) in [5.74, 6) is 0.486. The molecule has 0 aliphatic carbocycles. The lowest BCUT2D eigenvalue weighted by molar-refractivity contribution is 0.112. The third-order valence-corrected chi connectivity index (χ3v) is 4.13. The molecular formula is C15H15ClN2O2. The van der Waals surface area contributed by atoms with Crippen molar-refractivity contribution in [3.05, 3.63) is 40.9 Å². The summed E-state index contributed by atoms with van der Waals surface area (Å²) in [4.78, 5) is 17.6. The predicted octanol–water partition coefficient (Wildman–Crippen LogP) is 3.57. The SMILES string of the molecule is CN1CCC[C@H]1c1cnc(Cl)c(-c2occc2C=O)c1. The molecule has 4 nitrogen and oxygen atoms in total. The summed E-state index contributed by atoms with van der Waals surface area (Å²) in [5.41, 5.74) is 2.28. The van der Waals surface area contributed by atoms with Gasteiger partial charge in [-0.2, -0.15) is 0 Å². The Balaban J connectivity index is 2.05. The summed E-state index contributed by atoms with van der Waals surface area (Å²) < 4.78 is 5.40. The lowest BCUT2D eigenvalue weighted by atomic mass is 10.0. The number of rotatable bonds is 3. The van der Waals surface area contributed by atoms with Crippen LogP contribution in [0.5, 0.6) is 0 Å². The number of nitrogens with zero attached hydrogens (tertiary/aromatic N) is 2. The maximum Gasteiger partial charge on any atom is 0.153 e. The fourth-order valence-electron chi connectivity index (χ4n) is 2.77. The van der Waals surface area contributed by atoms with Crippen LogP contribution in [0.1, 0.15) is 34.8 Å². The van der Waals surface area contributed by atoms with E-state index >= 15 is 0 Å². The van der Waals surface area contributed by atoms with E-state index in [1.165, 1.54) is 12.7 Å². The summed E-state index contributed by atoms with van der Waals surface area (Å²) in [5, 5.41) is 0.354. The normalized spacial score (nSPS) is 19.4. The van der Waals surface area contributed by atoms with E-state index in [-0.39, 0.29) is 0 Å². The maximum absolute atomic E-state index is 11.0. The first-order valence-electron chi connectivity index (χ1n) is 6.59. The van der Waals surface area contributed by atoms with Gasteiger partial charge in [0, 0.05) is 12.2 Å². The Bertz CT molecular complexity index is 639. The van der Waals surface area contributed by atoms with Gasteiger partial charge in [-0.1, -0.05) is 11.6 Å². The monoisotopic (exact) mass is 290 g/mol. The van der Waals surface area contributed by atoms with Crippen molar-refractivity contribution in [1.82, 2.24) is 9.88 Å². The standard InChI is InChI=1S/C15H15ClN2O2/c1-18-5-2-3-13(18)11-7-12(15(16)17-8-11)14-10(9-19)4-6-20-14/h4,6-9,13H,2-3,5H2,1H3/t13-/m0/s1. The van der Waals surface area contributed by atoms with Crippen molar-refractivity contribution in [3.8, 4) is 11.3 Å². The summed E-state index contributed by atoms with van der Waals surface area (Å²) >= 11 is 6.16. The van der Waals surface area contributed by atoms with Gasteiger partial charge in [-0.15, -0.1) is 0 Å². The van der Waals surface area contributed by atoms with Gasteiger partial charge in [-0.25, -0.2) is 4.98 Å². The summed E-state index contributed by atoms with van der Waals surface area (Å²) in [6.45, 7) is 1.09. The molecule has 0 aromatic carbocycles. The van der Waals surface area contributed by atoms with Crippen LogP contribution in [0.15, 0.2) is 29.0 Å². The molecule has 0 unspecified atom stereocenters. The van der Waals surface area contributed by atoms with Crippen molar-refractivity contribution in [2.75, 3.05) is 13.6 Å². The molecule has 3 heterocycles. The van der Waals surface area contributed by atoms with E-state index in [0.29, 0.717) is 28.1 Å². The van der Waals surface area contributed by atoms with E-state index in [0.717, 1.165) is 24.8 Å². The Kier molecular flexibility index (Phi) is 3.59. The fraction of sp³-hybridized carbons (Fsp3) is 0.333. The lowest BCUT2D eigenvalue weighted by Gasteiger charge is -2.20. The number of furan rings is 1. The molecule has 1 fully saturated rings. The van der Waals surface area contributed by atoms with E-state index in [9.17, 15) is 4.79 Å². The molecule has 1 saturated heterocycles. The molecule has 1 aliphatic rings. The van der Waals surface area contributed by atoms with Crippen LogP contribution in [0, 0.1) is 0 Å². The highest BCUT2D eigenvalue weighted by Gasteiger charge is 2.24. The van der Waals surface area contributed by atoms with Crippen LogP contribution in [0.2, 0.25) is 5.15 Å². The number of likely N-dealkylation sites (tertiary alicyclic amines) is 1. The molecule has 0 bridgehead atoms. The summed E-state index contributed by atoms with van der Waals surface area (Å²) in [7, 11) is 2.11. The van der Waals surface area contributed by atoms with Gasteiger partial charge in [0.15, 0.2) is 6.29 Å². The second-order valence-electron chi connectivity index (χ2n) is 5.07. The zero-order valence-corrected chi connectivity index (χ0v) is 11.9. The van der Waals surface area contributed by atoms with E-state index in [1.807, 2.05) is 12.3 Å². The first-order chi connectivity index (χ1) is 9.70. The molecule has 2 aromatic rings. The third kappa shape index (κ3) is 2.25. The van der Waals surface area contributed by atoms with E-state index in [1.54, 1.807) is 6.07 Å². The van der Waals surface area contributed by atoms with Gasteiger partial charge in [0.05, 0.1) is 17.4 Å². The van der Waals surface area contributed by atoms with Crippen LogP contribution in [0.4, 0.5) is 0 Å².